The lowest BCUT2D eigenvalue weighted by atomic mass is 10.1. The second-order valence-corrected chi connectivity index (χ2v) is 4.74. The molecule has 2 rings (SSSR count). The molecular formula is C14H17ClN2O. The Balaban J connectivity index is 2.17. The maximum Gasteiger partial charge on any atom is 0.237 e. The smallest absolute Gasteiger partial charge is 0.237 e. The van der Waals surface area contributed by atoms with Gasteiger partial charge >= 0.3 is 0 Å². The third-order valence-corrected chi connectivity index (χ3v) is 3.49. The number of aromatic nitrogens is 1. The highest BCUT2D eigenvalue weighted by Crippen LogP contribution is 2.22. The molecule has 4 heteroatoms. The van der Waals surface area contributed by atoms with Crippen LogP contribution in [0.1, 0.15) is 11.3 Å². The summed E-state index contributed by atoms with van der Waals surface area (Å²) < 4.78 is 0. The number of H-pyrrole nitrogens is 1. The van der Waals surface area contributed by atoms with Crippen LogP contribution < -0.4 is 0 Å². The molecule has 0 radical (unpaired) electrons. The van der Waals surface area contributed by atoms with Gasteiger partial charge in [-0.25, -0.2) is 0 Å². The molecule has 1 amide bonds. The molecule has 3 nitrogen and oxygen atoms in total. The summed E-state index contributed by atoms with van der Waals surface area (Å²) in [6.07, 6.45) is 0.842. The fourth-order valence-electron chi connectivity index (χ4n) is 2.16. The van der Waals surface area contributed by atoms with Crippen LogP contribution in [-0.4, -0.2) is 35.3 Å². The van der Waals surface area contributed by atoms with Gasteiger partial charge in [0.15, 0.2) is 0 Å². The van der Waals surface area contributed by atoms with Gasteiger partial charge in [-0.05, 0) is 25.0 Å². The first-order valence-electron chi connectivity index (χ1n) is 5.99. The van der Waals surface area contributed by atoms with Crippen molar-refractivity contribution in [2.24, 2.45) is 0 Å². The third kappa shape index (κ3) is 2.51. The van der Waals surface area contributed by atoms with Crippen LogP contribution in [0, 0.1) is 6.92 Å². The molecule has 0 spiro atoms. The number of carbonyl (C=O) groups is 1. The summed E-state index contributed by atoms with van der Waals surface area (Å²) in [5, 5.41) is 1.24. The molecule has 2 aromatic rings. The number of halogens is 1. The summed E-state index contributed by atoms with van der Waals surface area (Å²) >= 11 is 5.54. The first-order valence-corrected chi connectivity index (χ1v) is 6.53. The van der Waals surface area contributed by atoms with E-state index in [4.69, 9.17) is 11.6 Å². The number of fused-ring (bicyclic) bond motifs is 1. The number of amides is 1. The molecule has 0 fully saturated rings. The summed E-state index contributed by atoms with van der Waals surface area (Å²) in [6.45, 7) is 2.76. The summed E-state index contributed by atoms with van der Waals surface area (Å²) in [4.78, 5) is 16.4. The Kier molecular flexibility index (Phi) is 3.92. The Labute approximate surface area is 112 Å². The first kappa shape index (κ1) is 13.0. The van der Waals surface area contributed by atoms with Crippen molar-refractivity contribution in [2.45, 2.75) is 13.3 Å². The van der Waals surface area contributed by atoms with Crippen LogP contribution in [0.4, 0.5) is 0 Å². The van der Waals surface area contributed by atoms with Crippen molar-refractivity contribution in [3.63, 3.8) is 0 Å². The molecule has 1 N–H and O–H groups in total. The lowest BCUT2D eigenvalue weighted by molar-refractivity contribution is -0.127. The number of carbonyl (C=O) groups excluding carboxylic acids is 1. The van der Waals surface area contributed by atoms with E-state index in [2.05, 4.69) is 24.0 Å². The minimum absolute atomic E-state index is 0.0332. The van der Waals surface area contributed by atoms with Gasteiger partial charge in [-0.3, -0.25) is 4.79 Å². The molecule has 0 saturated heterocycles. The molecule has 0 atom stereocenters. The number of alkyl halides is 1. The van der Waals surface area contributed by atoms with Crippen molar-refractivity contribution >= 4 is 28.4 Å². The number of rotatable bonds is 4. The molecule has 96 valence electrons. The van der Waals surface area contributed by atoms with Crippen LogP contribution in [0.5, 0.6) is 0 Å². The number of nitrogens with zero attached hydrogens (tertiary/aromatic N) is 1. The minimum Gasteiger partial charge on any atom is -0.358 e. The van der Waals surface area contributed by atoms with Crippen LogP contribution in [0.2, 0.25) is 0 Å². The van der Waals surface area contributed by atoms with Gasteiger partial charge in [-0.1, -0.05) is 18.2 Å². The lowest BCUT2D eigenvalue weighted by Crippen LogP contribution is -2.29. The molecule has 18 heavy (non-hydrogen) atoms. The van der Waals surface area contributed by atoms with E-state index in [0.29, 0.717) is 6.54 Å². The van der Waals surface area contributed by atoms with E-state index in [1.807, 2.05) is 12.1 Å². The molecule has 1 heterocycles. The van der Waals surface area contributed by atoms with Crippen LogP contribution >= 0.6 is 11.6 Å². The summed E-state index contributed by atoms with van der Waals surface area (Å²) in [6, 6.07) is 8.23. The van der Waals surface area contributed by atoms with Crippen molar-refractivity contribution in [3.05, 3.63) is 35.5 Å². The number of nitrogens with one attached hydrogen (secondary N) is 1. The van der Waals surface area contributed by atoms with E-state index in [9.17, 15) is 4.79 Å². The van der Waals surface area contributed by atoms with Gasteiger partial charge in [0, 0.05) is 30.2 Å². The number of aromatic amines is 1. The number of aryl methyl sites for hydroxylation is 1. The first-order chi connectivity index (χ1) is 8.63. The zero-order valence-electron chi connectivity index (χ0n) is 10.7. The SMILES string of the molecule is Cc1[nH]c2ccccc2c1CCN(C)C(=O)CCl. The molecule has 0 unspecified atom stereocenters. The van der Waals surface area contributed by atoms with Crippen molar-refractivity contribution in [1.29, 1.82) is 0 Å². The van der Waals surface area contributed by atoms with E-state index in [1.54, 1.807) is 11.9 Å². The topological polar surface area (TPSA) is 36.1 Å². The molecule has 1 aromatic heterocycles. The molecule has 0 aliphatic carbocycles. The van der Waals surface area contributed by atoms with Crippen molar-refractivity contribution in [1.82, 2.24) is 9.88 Å². The predicted molar refractivity (Wildman–Crippen MR) is 75.1 cm³/mol. The van der Waals surface area contributed by atoms with E-state index in [0.717, 1.165) is 11.9 Å². The van der Waals surface area contributed by atoms with Crippen molar-refractivity contribution in [2.75, 3.05) is 19.5 Å². The van der Waals surface area contributed by atoms with E-state index >= 15 is 0 Å². The van der Waals surface area contributed by atoms with Gasteiger partial charge in [0.1, 0.15) is 5.88 Å². The number of hydrogen-bond donors (Lipinski definition) is 1. The van der Waals surface area contributed by atoms with E-state index in [-0.39, 0.29) is 11.8 Å². The monoisotopic (exact) mass is 264 g/mol. The van der Waals surface area contributed by atoms with Gasteiger partial charge in [0.05, 0.1) is 0 Å². The number of hydrogen-bond acceptors (Lipinski definition) is 1. The zero-order valence-corrected chi connectivity index (χ0v) is 11.4. The fraction of sp³-hybridized carbons (Fsp3) is 0.357. The van der Waals surface area contributed by atoms with Crippen LogP contribution in [0.15, 0.2) is 24.3 Å². The Bertz CT molecular complexity index is 562. The average Bonchev–Trinajstić information content (AvgIpc) is 2.70. The normalized spacial score (nSPS) is 10.8. The predicted octanol–water partition coefficient (Wildman–Crippen LogP) is 2.72. The van der Waals surface area contributed by atoms with E-state index in [1.165, 1.54) is 16.6 Å². The fourth-order valence-corrected chi connectivity index (χ4v) is 2.37. The molecule has 0 aliphatic rings. The standard InChI is InChI=1S/C14H17ClN2O/c1-10-11(7-8-17(2)14(18)9-15)12-5-3-4-6-13(12)16-10/h3-6,16H,7-9H2,1-2H3. The molecule has 0 saturated carbocycles. The van der Waals surface area contributed by atoms with Crippen LogP contribution in [0.25, 0.3) is 10.9 Å². The largest absolute Gasteiger partial charge is 0.358 e. The molecule has 0 bridgehead atoms. The Morgan fingerprint density at radius 2 is 2.11 bits per heavy atom. The zero-order chi connectivity index (χ0) is 13.1. The number of likely N-dealkylation sites (N-methyl/N-ethyl adjacent to an activating group) is 1. The molecular weight excluding hydrogens is 248 g/mol. The number of benzene rings is 1. The highest BCUT2D eigenvalue weighted by atomic mass is 35.5. The molecule has 1 aromatic carbocycles. The van der Waals surface area contributed by atoms with Gasteiger partial charge < -0.3 is 9.88 Å². The van der Waals surface area contributed by atoms with Gasteiger partial charge in [-0.15, -0.1) is 11.6 Å². The molecule has 0 aliphatic heterocycles. The van der Waals surface area contributed by atoms with E-state index < -0.39 is 0 Å². The lowest BCUT2D eigenvalue weighted by Gasteiger charge is -2.15. The van der Waals surface area contributed by atoms with Crippen LogP contribution in [-0.2, 0) is 11.2 Å². The minimum atomic E-state index is -0.0332. The number of para-hydroxylation sites is 1. The second kappa shape index (κ2) is 5.44. The highest BCUT2D eigenvalue weighted by Gasteiger charge is 2.11. The van der Waals surface area contributed by atoms with Crippen molar-refractivity contribution < 1.29 is 4.79 Å². The maximum absolute atomic E-state index is 11.4. The quantitative estimate of drug-likeness (QED) is 0.847. The maximum atomic E-state index is 11.4. The van der Waals surface area contributed by atoms with Gasteiger partial charge in [0.2, 0.25) is 5.91 Å². The van der Waals surface area contributed by atoms with Crippen molar-refractivity contribution in [3.8, 4) is 0 Å². The van der Waals surface area contributed by atoms with Gasteiger partial charge in [-0.2, -0.15) is 0 Å². The van der Waals surface area contributed by atoms with Gasteiger partial charge in [0.25, 0.3) is 0 Å². The summed E-state index contributed by atoms with van der Waals surface area (Å²) in [5.74, 6) is 0.0118. The third-order valence-electron chi connectivity index (χ3n) is 3.26. The van der Waals surface area contributed by atoms with Crippen LogP contribution in [0.3, 0.4) is 0 Å². The Morgan fingerprint density at radius 3 is 2.83 bits per heavy atom. The highest BCUT2D eigenvalue weighted by molar-refractivity contribution is 6.27. The second-order valence-electron chi connectivity index (χ2n) is 4.47. The summed E-state index contributed by atoms with van der Waals surface area (Å²) in [5.41, 5.74) is 3.60. The Morgan fingerprint density at radius 1 is 1.39 bits per heavy atom. The average molecular weight is 265 g/mol. The Hall–Kier alpha value is -1.48. The summed E-state index contributed by atoms with van der Waals surface area (Å²) in [7, 11) is 1.79.